The van der Waals surface area contributed by atoms with Gasteiger partial charge in [0.25, 0.3) is 5.91 Å². The highest BCUT2D eigenvalue weighted by atomic mass is 16.1. The van der Waals surface area contributed by atoms with E-state index in [9.17, 15) is 4.79 Å². The monoisotopic (exact) mass is 363 g/mol. The molecule has 2 aromatic rings. The number of nitrogens with zero attached hydrogens (tertiary/aromatic N) is 1. The highest BCUT2D eigenvalue weighted by Gasteiger charge is 2.17. The minimum Gasteiger partial charge on any atom is -0.348 e. The number of rotatable bonds is 5. The van der Waals surface area contributed by atoms with Crippen molar-refractivity contribution >= 4 is 5.91 Å². The molecule has 0 bridgehead atoms. The van der Waals surface area contributed by atoms with Gasteiger partial charge in [-0.3, -0.25) is 9.69 Å². The minimum atomic E-state index is 0.0205. The second kappa shape index (κ2) is 8.68. The van der Waals surface area contributed by atoms with E-state index in [-0.39, 0.29) is 11.9 Å². The molecule has 2 aliphatic heterocycles. The molecule has 0 aromatic heterocycles. The SMILES string of the molecule is O=C(NC1CCNC1)c1ccc(-c2ccc(CN3CCCCC3)cc2)cc1. The van der Waals surface area contributed by atoms with Gasteiger partial charge in [-0.2, -0.15) is 0 Å². The molecule has 0 aliphatic carbocycles. The summed E-state index contributed by atoms with van der Waals surface area (Å²) < 4.78 is 0. The molecule has 142 valence electrons. The molecule has 4 rings (SSSR count). The van der Waals surface area contributed by atoms with Crippen LogP contribution in [0.1, 0.15) is 41.6 Å². The summed E-state index contributed by atoms with van der Waals surface area (Å²) in [5, 5.41) is 6.37. The van der Waals surface area contributed by atoms with Gasteiger partial charge in [-0.25, -0.2) is 0 Å². The van der Waals surface area contributed by atoms with Crippen LogP contribution in [-0.2, 0) is 6.54 Å². The molecule has 4 heteroatoms. The average molecular weight is 364 g/mol. The Bertz CT molecular complexity index is 742. The van der Waals surface area contributed by atoms with E-state index < -0.39 is 0 Å². The third-order valence-corrected chi connectivity index (χ3v) is 5.68. The van der Waals surface area contributed by atoms with Crippen LogP contribution in [-0.4, -0.2) is 43.0 Å². The molecule has 2 saturated heterocycles. The fourth-order valence-corrected chi connectivity index (χ4v) is 4.04. The normalized spacial score (nSPS) is 20.5. The van der Waals surface area contributed by atoms with Crippen LogP contribution in [0.15, 0.2) is 48.5 Å². The van der Waals surface area contributed by atoms with Gasteiger partial charge in [0, 0.05) is 24.7 Å². The molecule has 2 fully saturated rings. The van der Waals surface area contributed by atoms with Crippen molar-refractivity contribution in [3.8, 4) is 11.1 Å². The van der Waals surface area contributed by atoms with Gasteiger partial charge in [-0.05, 0) is 67.7 Å². The van der Waals surface area contributed by atoms with Gasteiger partial charge in [0.1, 0.15) is 0 Å². The van der Waals surface area contributed by atoms with Gasteiger partial charge < -0.3 is 10.6 Å². The molecule has 0 saturated carbocycles. The zero-order valence-electron chi connectivity index (χ0n) is 15.9. The number of hydrogen-bond acceptors (Lipinski definition) is 3. The molecule has 0 radical (unpaired) electrons. The van der Waals surface area contributed by atoms with E-state index in [1.165, 1.54) is 43.5 Å². The van der Waals surface area contributed by atoms with Crippen molar-refractivity contribution in [2.45, 2.75) is 38.3 Å². The second-order valence-corrected chi connectivity index (χ2v) is 7.77. The lowest BCUT2D eigenvalue weighted by atomic mass is 10.0. The number of carbonyl (C=O) groups excluding carboxylic acids is 1. The Hall–Kier alpha value is -2.17. The fraction of sp³-hybridized carbons (Fsp3) is 0.435. The Morgan fingerprint density at radius 1 is 0.963 bits per heavy atom. The maximum absolute atomic E-state index is 12.3. The van der Waals surface area contributed by atoms with Crippen LogP contribution in [0.2, 0.25) is 0 Å². The Kier molecular flexibility index (Phi) is 5.85. The molecule has 1 unspecified atom stereocenters. The van der Waals surface area contributed by atoms with Crippen LogP contribution in [0.4, 0.5) is 0 Å². The standard InChI is InChI=1S/C23H29N3O/c27-23(25-22-12-13-24-16-22)21-10-8-20(9-11-21)19-6-4-18(5-7-19)17-26-14-2-1-3-15-26/h4-11,22,24H,1-3,12-17H2,(H,25,27). The van der Waals surface area contributed by atoms with Gasteiger partial charge in [0.2, 0.25) is 0 Å². The lowest BCUT2D eigenvalue weighted by Gasteiger charge is -2.26. The molecule has 0 spiro atoms. The summed E-state index contributed by atoms with van der Waals surface area (Å²) in [6, 6.07) is 17.0. The van der Waals surface area contributed by atoms with E-state index in [4.69, 9.17) is 0 Å². The molecule has 4 nitrogen and oxygen atoms in total. The molecule has 2 aromatic carbocycles. The van der Waals surface area contributed by atoms with Gasteiger partial charge >= 0.3 is 0 Å². The lowest BCUT2D eigenvalue weighted by Crippen LogP contribution is -2.36. The van der Waals surface area contributed by atoms with Crippen molar-refractivity contribution < 1.29 is 4.79 Å². The van der Waals surface area contributed by atoms with Crippen molar-refractivity contribution in [2.75, 3.05) is 26.2 Å². The maximum atomic E-state index is 12.3. The zero-order chi connectivity index (χ0) is 18.5. The predicted molar refractivity (Wildman–Crippen MR) is 110 cm³/mol. The van der Waals surface area contributed by atoms with Crippen LogP contribution in [0.5, 0.6) is 0 Å². The van der Waals surface area contributed by atoms with Crippen molar-refractivity contribution in [2.24, 2.45) is 0 Å². The topological polar surface area (TPSA) is 44.4 Å². The van der Waals surface area contributed by atoms with Crippen molar-refractivity contribution in [1.29, 1.82) is 0 Å². The van der Waals surface area contributed by atoms with E-state index in [1.807, 2.05) is 24.3 Å². The van der Waals surface area contributed by atoms with E-state index in [0.717, 1.165) is 37.2 Å². The summed E-state index contributed by atoms with van der Waals surface area (Å²) in [7, 11) is 0. The average Bonchev–Trinajstić information content (AvgIpc) is 3.22. The predicted octanol–water partition coefficient (Wildman–Crippen LogP) is 3.43. The van der Waals surface area contributed by atoms with E-state index in [0.29, 0.717) is 0 Å². The van der Waals surface area contributed by atoms with Gasteiger partial charge in [0.15, 0.2) is 0 Å². The first-order valence-corrected chi connectivity index (χ1v) is 10.2. The van der Waals surface area contributed by atoms with E-state index in [2.05, 4.69) is 39.8 Å². The first kappa shape index (κ1) is 18.2. The Morgan fingerprint density at radius 3 is 2.26 bits per heavy atom. The number of benzene rings is 2. The Morgan fingerprint density at radius 2 is 1.63 bits per heavy atom. The number of carbonyl (C=O) groups is 1. The van der Waals surface area contributed by atoms with Crippen LogP contribution in [0.3, 0.4) is 0 Å². The van der Waals surface area contributed by atoms with Crippen LogP contribution < -0.4 is 10.6 Å². The first-order chi connectivity index (χ1) is 13.3. The quantitative estimate of drug-likeness (QED) is 0.855. The van der Waals surface area contributed by atoms with Crippen LogP contribution in [0, 0.1) is 0 Å². The first-order valence-electron chi connectivity index (χ1n) is 10.2. The lowest BCUT2D eigenvalue weighted by molar-refractivity contribution is 0.0940. The fourth-order valence-electron chi connectivity index (χ4n) is 4.04. The highest BCUT2D eigenvalue weighted by Crippen LogP contribution is 2.22. The second-order valence-electron chi connectivity index (χ2n) is 7.77. The summed E-state index contributed by atoms with van der Waals surface area (Å²) in [5.41, 5.74) is 4.46. The molecule has 2 N–H and O–H groups in total. The summed E-state index contributed by atoms with van der Waals surface area (Å²) >= 11 is 0. The third kappa shape index (κ3) is 4.76. The summed E-state index contributed by atoms with van der Waals surface area (Å²) in [6.07, 6.45) is 5.04. The molecule has 2 heterocycles. The summed E-state index contributed by atoms with van der Waals surface area (Å²) in [6.45, 7) is 5.35. The smallest absolute Gasteiger partial charge is 0.251 e. The third-order valence-electron chi connectivity index (χ3n) is 5.68. The van der Waals surface area contributed by atoms with Gasteiger partial charge in [-0.1, -0.05) is 42.8 Å². The number of hydrogen-bond donors (Lipinski definition) is 2. The van der Waals surface area contributed by atoms with Crippen molar-refractivity contribution in [3.63, 3.8) is 0 Å². The zero-order valence-corrected chi connectivity index (χ0v) is 15.9. The molecule has 1 amide bonds. The number of amides is 1. The molecule has 1 atom stereocenters. The summed E-state index contributed by atoms with van der Waals surface area (Å²) in [5.74, 6) is 0.0205. The minimum absolute atomic E-state index is 0.0205. The van der Waals surface area contributed by atoms with E-state index >= 15 is 0 Å². The summed E-state index contributed by atoms with van der Waals surface area (Å²) in [4.78, 5) is 14.9. The molecule has 2 aliphatic rings. The van der Waals surface area contributed by atoms with Crippen molar-refractivity contribution in [3.05, 3.63) is 59.7 Å². The Balaban J connectivity index is 1.37. The van der Waals surface area contributed by atoms with Crippen LogP contribution >= 0.6 is 0 Å². The van der Waals surface area contributed by atoms with E-state index in [1.54, 1.807) is 0 Å². The molecule has 27 heavy (non-hydrogen) atoms. The highest BCUT2D eigenvalue weighted by molar-refractivity contribution is 5.94. The van der Waals surface area contributed by atoms with Gasteiger partial charge in [-0.15, -0.1) is 0 Å². The molecular formula is C23H29N3O. The number of piperidine rings is 1. The van der Waals surface area contributed by atoms with Crippen molar-refractivity contribution in [1.82, 2.24) is 15.5 Å². The number of likely N-dealkylation sites (tertiary alicyclic amines) is 1. The largest absolute Gasteiger partial charge is 0.348 e. The number of nitrogens with one attached hydrogen (secondary N) is 2. The maximum Gasteiger partial charge on any atom is 0.251 e. The van der Waals surface area contributed by atoms with Crippen LogP contribution in [0.25, 0.3) is 11.1 Å². The molecular weight excluding hydrogens is 334 g/mol. The Labute approximate surface area is 162 Å². The van der Waals surface area contributed by atoms with Gasteiger partial charge in [0.05, 0.1) is 0 Å².